The number of hydrogen-bond donors (Lipinski definition) is 1. The number of rotatable bonds is 3. The first-order valence-electron chi connectivity index (χ1n) is 7.81. The largest absolute Gasteiger partial charge is 0.306 e. The van der Waals surface area contributed by atoms with Gasteiger partial charge in [-0.25, -0.2) is 13.8 Å². The van der Waals surface area contributed by atoms with Crippen molar-refractivity contribution in [3.05, 3.63) is 70.4 Å². The Bertz CT molecular complexity index is 1170. The van der Waals surface area contributed by atoms with Gasteiger partial charge in [-0.2, -0.15) is 9.78 Å². The number of halogens is 3. The van der Waals surface area contributed by atoms with E-state index < -0.39 is 23.1 Å². The van der Waals surface area contributed by atoms with Crippen molar-refractivity contribution in [1.82, 2.24) is 14.8 Å². The van der Waals surface area contributed by atoms with Gasteiger partial charge in [0.25, 0.3) is 5.91 Å². The van der Waals surface area contributed by atoms with Crippen molar-refractivity contribution in [2.75, 3.05) is 5.32 Å². The van der Waals surface area contributed by atoms with E-state index in [0.29, 0.717) is 21.4 Å². The fourth-order valence-corrected chi connectivity index (χ4v) is 3.85. The molecule has 0 bridgehead atoms. The number of amides is 1. The first-order chi connectivity index (χ1) is 12.9. The van der Waals surface area contributed by atoms with Crippen molar-refractivity contribution < 1.29 is 13.6 Å². The zero-order valence-electron chi connectivity index (χ0n) is 13.8. The van der Waals surface area contributed by atoms with Crippen LogP contribution in [0.3, 0.4) is 0 Å². The second-order valence-electron chi connectivity index (χ2n) is 5.72. The lowest BCUT2D eigenvalue weighted by Gasteiger charge is -2.08. The van der Waals surface area contributed by atoms with Crippen LogP contribution in [0.25, 0.3) is 15.3 Å². The van der Waals surface area contributed by atoms with E-state index in [1.165, 1.54) is 22.1 Å². The molecular formula is C18H11ClF2N4OS. The van der Waals surface area contributed by atoms with E-state index in [0.717, 1.165) is 16.8 Å². The molecule has 4 aromatic rings. The van der Waals surface area contributed by atoms with Crippen molar-refractivity contribution in [3.8, 4) is 5.13 Å². The molecule has 0 atom stereocenters. The number of hydrogen-bond acceptors (Lipinski definition) is 4. The molecule has 0 saturated heterocycles. The third kappa shape index (κ3) is 3.17. The first kappa shape index (κ1) is 17.6. The number of nitrogens with one attached hydrogen (secondary N) is 1. The number of para-hydroxylation sites is 1. The Morgan fingerprint density at radius 2 is 1.89 bits per heavy atom. The predicted octanol–water partition coefficient (Wildman–Crippen LogP) is 4.97. The fourth-order valence-electron chi connectivity index (χ4n) is 2.62. The van der Waals surface area contributed by atoms with Gasteiger partial charge >= 0.3 is 0 Å². The molecule has 2 aromatic heterocycles. The zero-order valence-corrected chi connectivity index (χ0v) is 15.4. The highest BCUT2D eigenvalue weighted by Crippen LogP contribution is 2.31. The second kappa shape index (κ2) is 6.71. The topological polar surface area (TPSA) is 59.8 Å². The van der Waals surface area contributed by atoms with E-state index in [4.69, 9.17) is 11.6 Å². The van der Waals surface area contributed by atoms with Gasteiger partial charge in [-0.05, 0) is 31.2 Å². The summed E-state index contributed by atoms with van der Waals surface area (Å²) in [6.07, 6.45) is 0. The molecule has 0 aliphatic rings. The van der Waals surface area contributed by atoms with Gasteiger partial charge in [0.2, 0.25) is 5.13 Å². The SMILES string of the molecule is Cc1cc(NC(=O)c2c(F)cccc2F)n(-c2nc3c(Cl)cccc3s2)n1. The van der Waals surface area contributed by atoms with Crippen molar-refractivity contribution in [2.24, 2.45) is 0 Å². The summed E-state index contributed by atoms with van der Waals surface area (Å²) in [7, 11) is 0. The number of nitrogens with zero attached hydrogens (tertiary/aromatic N) is 3. The molecule has 136 valence electrons. The summed E-state index contributed by atoms with van der Waals surface area (Å²) in [5.74, 6) is -2.55. The molecule has 0 saturated carbocycles. The third-order valence-electron chi connectivity index (χ3n) is 3.80. The van der Waals surface area contributed by atoms with Crippen LogP contribution < -0.4 is 5.32 Å². The smallest absolute Gasteiger partial charge is 0.262 e. The number of carbonyl (C=O) groups excluding carboxylic acids is 1. The van der Waals surface area contributed by atoms with Crippen LogP contribution in [0.4, 0.5) is 14.6 Å². The second-order valence-corrected chi connectivity index (χ2v) is 7.13. The highest BCUT2D eigenvalue weighted by Gasteiger charge is 2.20. The van der Waals surface area contributed by atoms with Gasteiger partial charge in [-0.15, -0.1) is 0 Å². The van der Waals surface area contributed by atoms with E-state index in [1.54, 1.807) is 19.1 Å². The summed E-state index contributed by atoms with van der Waals surface area (Å²) in [5, 5.41) is 7.78. The molecule has 1 amide bonds. The Hall–Kier alpha value is -2.84. The van der Waals surface area contributed by atoms with Crippen molar-refractivity contribution in [2.45, 2.75) is 6.92 Å². The van der Waals surface area contributed by atoms with E-state index in [2.05, 4.69) is 15.4 Å². The average molecular weight is 405 g/mol. The van der Waals surface area contributed by atoms with E-state index >= 15 is 0 Å². The lowest BCUT2D eigenvalue weighted by Crippen LogP contribution is -2.18. The average Bonchev–Trinajstić information content (AvgIpc) is 3.19. The molecule has 0 aliphatic carbocycles. The van der Waals surface area contributed by atoms with Gasteiger partial charge in [-0.1, -0.05) is 35.1 Å². The molecule has 0 radical (unpaired) electrons. The molecule has 2 aromatic carbocycles. The molecule has 4 rings (SSSR count). The lowest BCUT2D eigenvalue weighted by atomic mass is 10.2. The van der Waals surface area contributed by atoms with E-state index in [9.17, 15) is 13.6 Å². The number of thiazole rings is 1. The van der Waals surface area contributed by atoms with E-state index in [1.807, 2.05) is 12.1 Å². The maximum atomic E-state index is 13.9. The minimum atomic E-state index is -0.943. The molecule has 9 heteroatoms. The van der Waals surface area contributed by atoms with Gasteiger partial charge in [0, 0.05) is 6.07 Å². The number of anilines is 1. The monoisotopic (exact) mass is 404 g/mol. The van der Waals surface area contributed by atoms with Crippen molar-refractivity contribution in [3.63, 3.8) is 0 Å². The molecule has 27 heavy (non-hydrogen) atoms. The normalized spacial score (nSPS) is 11.1. The van der Waals surface area contributed by atoms with Crippen LogP contribution in [0, 0.1) is 18.6 Å². The fraction of sp³-hybridized carbons (Fsp3) is 0.0556. The molecule has 0 unspecified atom stereocenters. The van der Waals surface area contributed by atoms with Crippen LogP contribution in [0.2, 0.25) is 5.02 Å². The van der Waals surface area contributed by atoms with Gasteiger partial charge in [-0.3, -0.25) is 4.79 Å². The summed E-state index contributed by atoms with van der Waals surface area (Å²) >= 11 is 7.49. The number of fused-ring (bicyclic) bond motifs is 1. The Labute approximate surface area is 161 Å². The molecule has 5 nitrogen and oxygen atoms in total. The standard InChI is InChI=1S/C18H11ClF2N4OS/c1-9-8-14(22-17(26)15-11(20)5-3-6-12(15)21)25(24-9)18-23-16-10(19)4-2-7-13(16)27-18/h2-8H,1H3,(H,22,26). The van der Waals surface area contributed by atoms with Gasteiger partial charge < -0.3 is 5.32 Å². The molecule has 0 fully saturated rings. The molecule has 2 heterocycles. The summed E-state index contributed by atoms with van der Waals surface area (Å²) in [6.45, 7) is 1.73. The minimum Gasteiger partial charge on any atom is -0.306 e. The molecular weight excluding hydrogens is 394 g/mol. The minimum absolute atomic E-state index is 0.246. The third-order valence-corrected chi connectivity index (χ3v) is 5.10. The highest BCUT2D eigenvalue weighted by atomic mass is 35.5. The number of aryl methyl sites for hydroxylation is 1. The van der Waals surface area contributed by atoms with Crippen molar-refractivity contribution >= 4 is 44.9 Å². The maximum absolute atomic E-state index is 13.9. The first-order valence-corrected chi connectivity index (χ1v) is 9.01. The summed E-state index contributed by atoms with van der Waals surface area (Å²) in [6, 6.07) is 10.2. The quantitative estimate of drug-likeness (QED) is 0.524. The van der Waals surface area contributed by atoms with Crippen LogP contribution in [0.1, 0.15) is 16.1 Å². The number of aromatic nitrogens is 3. The van der Waals surface area contributed by atoms with Gasteiger partial charge in [0.1, 0.15) is 28.5 Å². The zero-order chi connectivity index (χ0) is 19.1. The Morgan fingerprint density at radius 1 is 1.19 bits per heavy atom. The van der Waals surface area contributed by atoms with Crippen LogP contribution in [0.5, 0.6) is 0 Å². The van der Waals surface area contributed by atoms with Crippen LogP contribution in [0.15, 0.2) is 42.5 Å². The van der Waals surface area contributed by atoms with Crippen LogP contribution in [-0.4, -0.2) is 20.7 Å². The van der Waals surface area contributed by atoms with Crippen molar-refractivity contribution in [1.29, 1.82) is 0 Å². The maximum Gasteiger partial charge on any atom is 0.262 e. The summed E-state index contributed by atoms with van der Waals surface area (Å²) in [5.41, 5.74) is 0.560. The predicted molar refractivity (Wildman–Crippen MR) is 101 cm³/mol. The molecule has 1 N–H and O–H groups in total. The Morgan fingerprint density at radius 3 is 2.59 bits per heavy atom. The number of carbonyl (C=O) groups is 1. The molecule has 0 aliphatic heterocycles. The number of benzene rings is 2. The Kier molecular flexibility index (Phi) is 4.37. The van der Waals surface area contributed by atoms with Crippen LogP contribution >= 0.6 is 22.9 Å². The van der Waals surface area contributed by atoms with E-state index in [-0.39, 0.29) is 5.82 Å². The summed E-state index contributed by atoms with van der Waals surface area (Å²) < 4.78 is 30.0. The van der Waals surface area contributed by atoms with Crippen LogP contribution in [-0.2, 0) is 0 Å². The molecule has 0 spiro atoms. The van der Waals surface area contributed by atoms with Gasteiger partial charge in [0.15, 0.2) is 0 Å². The summed E-state index contributed by atoms with van der Waals surface area (Å²) in [4.78, 5) is 16.9. The van der Waals surface area contributed by atoms with Gasteiger partial charge in [0.05, 0.1) is 15.4 Å². The lowest BCUT2D eigenvalue weighted by molar-refractivity contribution is 0.101. The highest BCUT2D eigenvalue weighted by molar-refractivity contribution is 7.20. The Balaban J connectivity index is 1.75.